The Morgan fingerprint density at radius 2 is 2.15 bits per heavy atom. The zero-order valence-electron chi connectivity index (χ0n) is 18.0. The lowest BCUT2D eigenvalue weighted by Crippen LogP contribution is -2.22. The van der Waals surface area contributed by atoms with E-state index < -0.39 is 12.5 Å². The number of ether oxygens (including phenoxy) is 1. The number of fused-ring (bicyclic) bond motifs is 1. The Balaban J connectivity index is 1.48. The molecule has 0 aliphatic carbocycles. The fraction of sp³-hybridized carbons (Fsp3) is 0.304. The van der Waals surface area contributed by atoms with Crippen molar-refractivity contribution in [3.63, 3.8) is 0 Å². The molecule has 4 rings (SSSR count). The highest BCUT2D eigenvalue weighted by Gasteiger charge is 2.26. The predicted molar refractivity (Wildman–Crippen MR) is 113 cm³/mol. The van der Waals surface area contributed by atoms with Gasteiger partial charge in [-0.1, -0.05) is 6.07 Å². The molecule has 0 amide bonds. The molecule has 1 atom stereocenters. The number of hydrogen-bond acceptors (Lipinski definition) is 7. The van der Waals surface area contributed by atoms with Gasteiger partial charge in [0.25, 0.3) is 6.43 Å². The van der Waals surface area contributed by atoms with Crippen molar-refractivity contribution in [1.29, 1.82) is 5.26 Å². The number of esters is 1. The third kappa shape index (κ3) is 4.33. The number of benzene rings is 1. The van der Waals surface area contributed by atoms with Crippen LogP contribution in [-0.4, -0.2) is 32.4 Å². The lowest BCUT2D eigenvalue weighted by atomic mass is 9.95. The van der Waals surface area contributed by atoms with Crippen LogP contribution in [0.25, 0.3) is 5.82 Å². The van der Waals surface area contributed by atoms with Gasteiger partial charge in [0.05, 0.1) is 17.2 Å². The largest absolute Gasteiger partial charge is 0.457 e. The average molecular weight is 453 g/mol. The Labute approximate surface area is 188 Å². The molecule has 0 radical (unpaired) electrons. The van der Waals surface area contributed by atoms with Crippen molar-refractivity contribution < 1.29 is 23.4 Å². The van der Waals surface area contributed by atoms with E-state index in [0.717, 1.165) is 11.1 Å². The first-order chi connectivity index (χ1) is 15.8. The monoisotopic (exact) mass is 453 g/mol. The molecule has 1 aromatic carbocycles. The predicted octanol–water partition coefficient (Wildman–Crippen LogP) is 3.19. The van der Waals surface area contributed by atoms with Crippen LogP contribution in [0, 0.1) is 25.2 Å². The number of aliphatic hydroxyl groups excluding tert-OH is 1. The lowest BCUT2D eigenvalue weighted by Gasteiger charge is -2.16. The summed E-state index contributed by atoms with van der Waals surface area (Å²) in [7, 11) is 0. The normalized spacial score (nSPS) is 13.7. The van der Waals surface area contributed by atoms with Crippen molar-refractivity contribution in [2.45, 2.75) is 39.5 Å². The number of aryl methyl sites for hydroxylation is 1. The van der Waals surface area contributed by atoms with Gasteiger partial charge in [-0.05, 0) is 42.7 Å². The zero-order chi connectivity index (χ0) is 23.7. The van der Waals surface area contributed by atoms with Crippen molar-refractivity contribution in [2.24, 2.45) is 0 Å². The molecule has 3 aromatic rings. The summed E-state index contributed by atoms with van der Waals surface area (Å²) in [6.45, 7) is 3.88. The molecule has 0 saturated heterocycles. The second kappa shape index (κ2) is 9.05. The molecule has 1 aliphatic rings. The topological polar surface area (TPSA) is 113 Å². The highest BCUT2D eigenvalue weighted by atomic mass is 19.3. The smallest absolute Gasteiger partial charge is 0.338 e. The highest BCUT2D eigenvalue weighted by Crippen LogP contribution is 2.29. The molecule has 2 aromatic heterocycles. The van der Waals surface area contributed by atoms with Crippen molar-refractivity contribution >= 4 is 5.97 Å². The summed E-state index contributed by atoms with van der Waals surface area (Å²) < 4.78 is 33.4. The molecule has 0 spiro atoms. The summed E-state index contributed by atoms with van der Waals surface area (Å²) in [6.07, 6.45) is -0.860. The van der Waals surface area contributed by atoms with Crippen LogP contribution in [0.5, 0.6) is 0 Å². The van der Waals surface area contributed by atoms with E-state index in [2.05, 4.69) is 15.4 Å². The maximum absolute atomic E-state index is 13.6. The van der Waals surface area contributed by atoms with Gasteiger partial charge in [0, 0.05) is 36.6 Å². The van der Waals surface area contributed by atoms with Crippen LogP contribution >= 0.6 is 0 Å². The summed E-state index contributed by atoms with van der Waals surface area (Å²) in [5.74, 6) is -0.0547. The molecule has 0 saturated carbocycles. The Morgan fingerprint density at radius 3 is 2.85 bits per heavy atom. The summed E-state index contributed by atoms with van der Waals surface area (Å²) >= 11 is 0. The summed E-state index contributed by atoms with van der Waals surface area (Å²) in [6, 6.07) is 6.92. The second-order valence-electron chi connectivity index (χ2n) is 7.78. The van der Waals surface area contributed by atoms with E-state index in [1.54, 1.807) is 25.1 Å². The molecule has 0 fully saturated rings. The summed E-state index contributed by atoms with van der Waals surface area (Å²) in [5.41, 5.74) is 3.61. The summed E-state index contributed by atoms with van der Waals surface area (Å²) in [4.78, 5) is 15.8. The number of alkyl halides is 2. The maximum Gasteiger partial charge on any atom is 0.338 e. The maximum atomic E-state index is 13.6. The van der Waals surface area contributed by atoms with Crippen molar-refractivity contribution in [3.8, 4) is 11.9 Å². The van der Waals surface area contributed by atoms with Crippen LogP contribution in [0.15, 0.2) is 30.6 Å². The summed E-state index contributed by atoms with van der Waals surface area (Å²) in [5, 5.41) is 26.6. The highest BCUT2D eigenvalue weighted by molar-refractivity contribution is 5.93. The number of carbonyl (C=O) groups is 1. The van der Waals surface area contributed by atoms with Crippen LogP contribution in [0.3, 0.4) is 0 Å². The van der Waals surface area contributed by atoms with Gasteiger partial charge in [-0.15, -0.1) is 0 Å². The molecule has 0 unspecified atom stereocenters. The number of aliphatic hydroxyl groups is 1. The fourth-order valence-electron chi connectivity index (χ4n) is 3.83. The van der Waals surface area contributed by atoms with Gasteiger partial charge in [-0.25, -0.2) is 23.2 Å². The van der Waals surface area contributed by atoms with Crippen molar-refractivity contribution in [2.75, 3.05) is 6.54 Å². The number of rotatable bonds is 7. The first-order valence-corrected chi connectivity index (χ1v) is 10.2. The number of halogens is 2. The van der Waals surface area contributed by atoms with Crippen LogP contribution in [-0.2, 0) is 17.9 Å². The molecule has 0 bridgehead atoms. The quantitative estimate of drug-likeness (QED) is 0.528. The van der Waals surface area contributed by atoms with E-state index in [1.165, 1.54) is 17.1 Å². The minimum Gasteiger partial charge on any atom is -0.457 e. The third-order valence-electron chi connectivity index (χ3n) is 5.70. The number of nitrogens with one attached hydrogen (secondary N) is 1. The van der Waals surface area contributed by atoms with E-state index in [4.69, 9.17) is 10.00 Å². The SMILES string of the molecule is Cc1cc(-n2cc(CNC[C@H](O)c3ccc4c(c3C)COC4=O)c(C(F)F)n2)ncc1C#N. The van der Waals surface area contributed by atoms with Gasteiger partial charge in [-0.3, -0.25) is 0 Å². The first-order valence-electron chi connectivity index (χ1n) is 10.2. The number of nitrogens with zero attached hydrogens (tertiary/aromatic N) is 4. The molecule has 3 heterocycles. The van der Waals surface area contributed by atoms with E-state index in [0.29, 0.717) is 28.1 Å². The number of carbonyl (C=O) groups excluding carboxylic acids is 1. The van der Waals surface area contributed by atoms with Crippen molar-refractivity contribution in [3.05, 3.63) is 75.2 Å². The minimum absolute atomic E-state index is 0.0532. The Hall–Kier alpha value is -3.68. The first kappa shape index (κ1) is 22.5. The van der Waals surface area contributed by atoms with Crippen molar-refractivity contribution in [1.82, 2.24) is 20.1 Å². The van der Waals surface area contributed by atoms with E-state index >= 15 is 0 Å². The molecule has 33 heavy (non-hydrogen) atoms. The van der Waals surface area contributed by atoms with Crippen LogP contribution in [0.2, 0.25) is 0 Å². The molecule has 1 aliphatic heterocycles. The number of aromatic nitrogens is 3. The minimum atomic E-state index is -2.79. The molecule has 170 valence electrons. The van der Waals surface area contributed by atoms with Gasteiger partial charge in [0.15, 0.2) is 5.82 Å². The Bertz CT molecular complexity index is 1270. The van der Waals surface area contributed by atoms with Gasteiger partial charge >= 0.3 is 5.97 Å². The third-order valence-corrected chi connectivity index (χ3v) is 5.70. The number of cyclic esters (lactones) is 1. The average Bonchev–Trinajstić information content (AvgIpc) is 3.38. The number of hydrogen-bond donors (Lipinski definition) is 2. The van der Waals surface area contributed by atoms with Gasteiger partial charge < -0.3 is 15.2 Å². The van der Waals surface area contributed by atoms with Crippen LogP contribution < -0.4 is 5.32 Å². The number of pyridine rings is 1. The Kier molecular flexibility index (Phi) is 6.18. The lowest BCUT2D eigenvalue weighted by molar-refractivity contribution is 0.0535. The molecule has 10 heteroatoms. The van der Waals surface area contributed by atoms with E-state index in [-0.39, 0.29) is 36.9 Å². The fourth-order valence-corrected chi connectivity index (χ4v) is 3.83. The molecular weight excluding hydrogens is 432 g/mol. The standard InChI is InChI=1S/C23H21F2N5O3/c1-12-5-20(28-8-14(12)6-26)30-10-15(21(29-30)22(24)25)7-27-9-19(31)16-3-4-17-18(13(16)2)11-33-23(17)32/h3-5,8,10,19,22,27,31H,7,9,11H2,1-2H3/t19-/m0/s1. The van der Waals surface area contributed by atoms with Gasteiger partial charge in [0.1, 0.15) is 18.4 Å². The van der Waals surface area contributed by atoms with E-state index in [9.17, 15) is 18.7 Å². The second-order valence-corrected chi connectivity index (χ2v) is 7.78. The molecule has 8 nitrogen and oxygen atoms in total. The number of nitriles is 1. The van der Waals surface area contributed by atoms with Gasteiger partial charge in [-0.2, -0.15) is 10.4 Å². The van der Waals surface area contributed by atoms with Crippen LogP contribution in [0.4, 0.5) is 8.78 Å². The molecular formula is C23H21F2N5O3. The van der Waals surface area contributed by atoms with E-state index in [1.807, 2.05) is 13.0 Å². The van der Waals surface area contributed by atoms with Crippen LogP contribution in [0.1, 0.15) is 62.0 Å². The zero-order valence-corrected chi connectivity index (χ0v) is 18.0. The van der Waals surface area contributed by atoms with Gasteiger partial charge in [0.2, 0.25) is 0 Å². The Morgan fingerprint density at radius 1 is 1.36 bits per heavy atom. The molecule has 2 N–H and O–H groups in total.